The minimum Gasteiger partial charge on any atom is -0.294 e. The van der Waals surface area contributed by atoms with Gasteiger partial charge in [-0.15, -0.1) is 11.3 Å². The first-order valence-corrected chi connectivity index (χ1v) is 12.1. The predicted molar refractivity (Wildman–Crippen MR) is 120 cm³/mol. The lowest BCUT2D eigenvalue weighted by Crippen LogP contribution is -2.39. The fourth-order valence-electron chi connectivity index (χ4n) is 3.23. The van der Waals surface area contributed by atoms with Crippen molar-refractivity contribution in [1.29, 1.82) is 0 Å². The van der Waals surface area contributed by atoms with Gasteiger partial charge in [0.05, 0.1) is 22.4 Å². The van der Waals surface area contributed by atoms with Crippen LogP contribution < -0.4 is 10.1 Å². The highest BCUT2D eigenvalue weighted by atomic mass is 32.2. The van der Waals surface area contributed by atoms with E-state index in [1.807, 2.05) is 11.5 Å². The standard InChI is InChI=1S/C22H20FN3O3S2/c1-2-31(28,29)25-18-10-8-15(9-11-18)19-14-20(16-5-3-6-17(23)13-16)26(24-19)22(27)21-7-4-12-30-21/h3-14,20,24-25H,2H2,1H3. The molecule has 0 aliphatic carbocycles. The molecule has 0 radical (unpaired) electrons. The summed E-state index contributed by atoms with van der Waals surface area (Å²) in [6.07, 6.45) is 1.85. The number of hydrazine groups is 1. The van der Waals surface area contributed by atoms with Crippen molar-refractivity contribution in [1.82, 2.24) is 10.4 Å². The van der Waals surface area contributed by atoms with E-state index in [1.165, 1.54) is 28.5 Å². The van der Waals surface area contributed by atoms with Crippen molar-refractivity contribution in [2.45, 2.75) is 13.0 Å². The second-order valence-electron chi connectivity index (χ2n) is 6.93. The first kappa shape index (κ1) is 21.1. The van der Waals surface area contributed by atoms with E-state index in [2.05, 4.69) is 10.1 Å². The molecule has 1 aliphatic heterocycles. The van der Waals surface area contributed by atoms with Gasteiger partial charge in [0.2, 0.25) is 10.0 Å². The van der Waals surface area contributed by atoms with Gasteiger partial charge in [-0.3, -0.25) is 14.9 Å². The first-order chi connectivity index (χ1) is 14.9. The van der Waals surface area contributed by atoms with E-state index in [4.69, 9.17) is 0 Å². The number of carbonyl (C=O) groups is 1. The van der Waals surface area contributed by atoms with E-state index in [-0.39, 0.29) is 17.5 Å². The maximum Gasteiger partial charge on any atom is 0.283 e. The van der Waals surface area contributed by atoms with Crippen LogP contribution in [0, 0.1) is 5.82 Å². The Morgan fingerprint density at radius 2 is 1.94 bits per heavy atom. The summed E-state index contributed by atoms with van der Waals surface area (Å²) in [7, 11) is -3.37. The lowest BCUT2D eigenvalue weighted by atomic mass is 10.0. The summed E-state index contributed by atoms with van der Waals surface area (Å²) in [4.78, 5) is 13.6. The Kier molecular flexibility index (Phi) is 5.79. The largest absolute Gasteiger partial charge is 0.294 e. The summed E-state index contributed by atoms with van der Waals surface area (Å²) in [5.41, 5.74) is 5.66. The van der Waals surface area contributed by atoms with Crippen LogP contribution in [-0.4, -0.2) is 25.1 Å². The molecule has 0 saturated heterocycles. The Morgan fingerprint density at radius 1 is 1.16 bits per heavy atom. The van der Waals surface area contributed by atoms with Crippen molar-refractivity contribution in [2.75, 3.05) is 10.5 Å². The predicted octanol–water partition coefficient (Wildman–Crippen LogP) is 4.39. The molecule has 160 valence electrons. The molecule has 0 bridgehead atoms. The third-order valence-electron chi connectivity index (χ3n) is 4.83. The fourth-order valence-corrected chi connectivity index (χ4v) is 4.53. The van der Waals surface area contributed by atoms with Crippen LogP contribution in [-0.2, 0) is 10.0 Å². The van der Waals surface area contributed by atoms with Gasteiger partial charge in [0, 0.05) is 5.69 Å². The zero-order chi connectivity index (χ0) is 22.0. The quantitative estimate of drug-likeness (QED) is 0.575. The summed E-state index contributed by atoms with van der Waals surface area (Å²) in [6.45, 7) is 1.57. The van der Waals surface area contributed by atoms with Gasteiger partial charge in [0.25, 0.3) is 5.91 Å². The molecular weight excluding hydrogens is 437 g/mol. The van der Waals surface area contributed by atoms with Crippen LogP contribution >= 0.6 is 11.3 Å². The van der Waals surface area contributed by atoms with Crippen molar-refractivity contribution in [2.24, 2.45) is 0 Å². The average molecular weight is 458 g/mol. The molecule has 4 rings (SSSR count). The SMILES string of the molecule is CCS(=O)(=O)Nc1ccc(C2=CC(c3cccc(F)c3)N(C(=O)c3cccs3)N2)cc1. The Hall–Kier alpha value is -3.17. The summed E-state index contributed by atoms with van der Waals surface area (Å²) in [5, 5.41) is 3.30. The third-order valence-corrected chi connectivity index (χ3v) is 7.00. The zero-order valence-corrected chi connectivity index (χ0v) is 18.2. The van der Waals surface area contributed by atoms with Crippen LogP contribution in [0.5, 0.6) is 0 Å². The lowest BCUT2D eigenvalue weighted by Gasteiger charge is -2.25. The molecule has 0 fully saturated rings. The molecule has 6 nitrogen and oxygen atoms in total. The van der Waals surface area contributed by atoms with Crippen molar-refractivity contribution in [3.05, 3.63) is 93.9 Å². The number of halogens is 1. The number of carbonyl (C=O) groups excluding carboxylic acids is 1. The molecule has 1 aliphatic rings. The van der Waals surface area contributed by atoms with Gasteiger partial charge in [-0.05, 0) is 59.8 Å². The highest BCUT2D eigenvalue weighted by Crippen LogP contribution is 2.33. The van der Waals surface area contributed by atoms with Crippen molar-refractivity contribution in [3.63, 3.8) is 0 Å². The molecule has 0 spiro atoms. The molecule has 1 unspecified atom stereocenters. The van der Waals surface area contributed by atoms with E-state index in [9.17, 15) is 17.6 Å². The van der Waals surface area contributed by atoms with Crippen molar-refractivity contribution >= 4 is 38.7 Å². The summed E-state index contributed by atoms with van der Waals surface area (Å²) < 4.78 is 39.9. The van der Waals surface area contributed by atoms with Gasteiger partial charge in [-0.2, -0.15) is 0 Å². The summed E-state index contributed by atoms with van der Waals surface area (Å²) in [5.74, 6) is -0.616. The topological polar surface area (TPSA) is 78.5 Å². The van der Waals surface area contributed by atoms with Gasteiger partial charge in [-0.1, -0.05) is 30.3 Å². The van der Waals surface area contributed by atoms with E-state index in [1.54, 1.807) is 55.5 Å². The van der Waals surface area contributed by atoms with E-state index < -0.39 is 16.1 Å². The number of thiophene rings is 1. The number of benzene rings is 2. The molecule has 2 heterocycles. The van der Waals surface area contributed by atoms with Crippen LogP contribution in [0.1, 0.15) is 33.8 Å². The number of anilines is 1. The normalized spacial score (nSPS) is 16.0. The van der Waals surface area contributed by atoms with Gasteiger partial charge >= 0.3 is 0 Å². The number of amides is 1. The van der Waals surface area contributed by atoms with Crippen LogP contribution in [0.15, 0.2) is 72.1 Å². The van der Waals surface area contributed by atoms with Crippen molar-refractivity contribution in [3.8, 4) is 0 Å². The highest BCUT2D eigenvalue weighted by Gasteiger charge is 2.32. The summed E-state index contributed by atoms with van der Waals surface area (Å²) >= 11 is 1.33. The molecule has 2 N–H and O–H groups in total. The molecule has 2 aromatic carbocycles. The molecule has 31 heavy (non-hydrogen) atoms. The molecule has 1 amide bonds. The van der Waals surface area contributed by atoms with Crippen LogP contribution in [0.4, 0.5) is 10.1 Å². The smallest absolute Gasteiger partial charge is 0.283 e. The number of hydrogen-bond acceptors (Lipinski definition) is 5. The lowest BCUT2D eigenvalue weighted by molar-refractivity contribution is 0.0677. The third kappa shape index (κ3) is 4.62. The Labute approximate surface area is 184 Å². The number of hydrogen-bond donors (Lipinski definition) is 2. The molecule has 0 saturated carbocycles. The summed E-state index contributed by atoms with van der Waals surface area (Å²) in [6, 6.07) is 16.0. The monoisotopic (exact) mass is 457 g/mol. The minimum absolute atomic E-state index is 0.0173. The average Bonchev–Trinajstić information content (AvgIpc) is 3.44. The molecular formula is C22H20FN3O3S2. The minimum atomic E-state index is -3.37. The molecule has 3 aromatic rings. The Morgan fingerprint density at radius 3 is 2.58 bits per heavy atom. The Balaban J connectivity index is 1.65. The van der Waals surface area contributed by atoms with Gasteiger partial charge in [-0.25, -0.2) is 17.8 Å². The molecule has 9 heteroatoms. The van der Waals surface area contributed by atoms with E-state index in [0.29, 0.717) is 21.8 Å². The van der Waals surface area contributed by atoms with Gasteiger partial charge < -0.3 is 0 Å². The molecule has 1 atom stereocenters. The van der Waals surface area contributed by atoms with Crippen LogP contribution in [0.3, 0.4) is 0 Å². The number of nitrogens with zero attached hydrogens (tertiary/aromatic N) is 1. The Bertz CT molecular complexity index is 1220. The number of rotatable bonds is 6. The maximum absolute atomic E-state index is 13.9. The zero-order valence-electron chi connectivity index (χ0n) is 16.6. The van der Waals surface area contributed by atoms with E-state index >= 15 is 0 Å². The van der Waals surface area contributed by atoms with Gasteiger partial charge in [0.1, 0.15) is 5.82 Å². The van der Waals surface area contributed by atoms with Gasteiger partial charge in [0.15, 0.2) is 0 Å². The fraction of sp³-hybridized carbons (Fsp3) is 0.136. The van der Waals surface area contributed by atoms with Crippen molar-refractivity contribution < 1.29 is 17.6 Å². The highest BCUT2D eigenvalue weighted by molar-refractivity contribution is 7.92. The second-order valence-corrected chi connectivity index (χ2v) is 9.89. The van der Waals surface area contributed by atoms with Crippen LogP contribution in [0.25, 0.3) is 5.70 Å². The first-order valence-electron chi connectivity index (χ1n) is 9.58. The maximum atomic E-state index is 13.9. The van der Waals surface area contributed by atoms with Crippen LogP contribution in [0.2, 0.25) is 0 Å². The molecule has 1 aromatic heterocycles. The van der Waals surface area contributed by atoms with E-state index in [0.717, 1.165) is 5.56 Å². The number of nitrogens with one attached hydrogen (secondary N) is 2. The number of sulfonamides is 1. The second kappa shape index (κ2) is 8.52.